The average Bonchev–Trinajstić information content (AvgIpc) is 3.14. The Morgan fingerprint density at radius 3 is 0.960 bits per heavy atom. The molecule has 0 aromatic heterocycles. The van der Waals surface area contributed by atoms with Crippen LogP contribution in [0.15, 0.2) is 192 Å². The number of rotatable bonds is 10. The van der Waals surface area contributed by atoms with Crippen LogP contribution in [0, 0.1) is 13.8 Å². The molecule has 252 valence electrons. The van der Waals surface area contributed by atoms with Crippen molar-refractivity contribution in [2.45, 2.75) is 34.1 Å². The van der Waals surface area contributed by atoms with E-state index in [4.69, 9.17) is 0 Å². The number of hydrogen-bond acceptors (Lipinski definition) is 4. The van der Waals surface area contributed by atoms with Crippen molar-refractivity contribution in [1.82, 2.24) is 0 Å². The lowest BCUT2D eigenvalue weighted by Crippen LogP contribution is -2.12. The van der Waals surface area contributed by atoms with Crippen molar-refractivity contribution in [2.75, 3.05) is 0 Å². The maximum absolute atomic E-state index is 13.2. The Kier molecular flexibility index (Phi) is 12.2. The quantitative estimate of drug-likeness (QED) is 0.143. The zero-order valence-corrected chi connectivity index (χ0v) is 29.7. The van der Waals surface area contributed by atoms with Gasteiger partial charge in [-0.2, -0.15) is 0 Å². The summed E-state index contributed by atoms with van der Waals surface area (Å²) < 4.78 is 52.9. The summed E-state index contributed by atoms with van der Waals surface area (Å²) in [5.74, 6) is 0. The van der Waals surface area contributed by atoms with E-state index in [-0.39, 0.29) is 0 Å². The molecule has 0 fully saturated rings. The molecule has 0 aliphatic carbocycles. The maximum atomic E-state index is 13.2. The van der Waals surface area contributed by atoms with Crippen LogP contribution >= 0.6 is 0 Å². The highest BCUT2D eigenvalue weighted by atomic mass is 32.2. The molecule has 0 radical (unpaired) electrons. The lowest BCUT2D eigenvalue weighted by Gasteiger charge is -2.15. The smallest absolute Gasteiger partial charge is 0.188 e. The molecule has 0 saturated heterocycles. The molecule has 4 nitrogen and oxygen atoms in total. The summed E-state index contributed by atoms with van der Waals surface area (Å²) in [5.41, 5.74) is 5.54. The van der Waals surface area contributed by atoms with Gasteiger partial charge in [-0.25, -0.2) is 16.8 Å². The van der Waals surface area contributed by atoms with Crippen molar-refractivity contribution in [3.63, 3.8) is 0 Å². The molecule has 6 aromatic rings. The Balaban J connectivity index is 0.000000194. The van der Waals surface area contributed by atoms with Crippen LogP contribution in [-0.4, -0.2) is 16.8 Å². The second-order valence-electron chi connectivity index (χ2n) is 11.9. The van der Waals surface area contributed by atoms with Crippen molar-refractivity contribution >= 4 is 31.8 Å². The van der Waals surface area contributed by atoms with E-state index in [2.05, 4.69) is 0 Å². The SMILES string of the molecule is Cc1ccc(S(=O)(=O)[C@@H](/C=C/c2ccccc2)c2ccccc2)cc1.Cc1ccc(S(=O)(=O)[C@@H](/C=C/c2ccccc2)c2ccccc2)cc1. The van der Waals surface area contributed by atoms with Gasteiger partial charge in [0.15, 0.2) is 19.7 Å². The normalized spacial score (nSPS) is 13.0. The summed E-state index contributed by atoms with van der Waals surface area (Å²) >= 11 is 0. The van der Waals surface area contributed by atoms with Crippen molar-refractivity contribution < 1.29 is 16.8 Å². The molecule has 0 spiro atoms. The standard InChI is InChI=1S/2C22H20O2S/c2*1-18-12-15-21(16-13-18)25(23,24)22(20-10-6-3-7-11-20)17-14-19-8-4-2-5-9-19/h2*2-17,22H,1H3/b2*17-14+/t2*22-/m00/s1. The third-order valence-electron chi connectivity index (χ3n) is 8.15. The van der Waals surface area contributed by atoms with Gasteiger partial charge in [-0.3, -0.25) is 0 Å². The highest BCUT2D eigenvalue weighted by molar-refractivity contribution is 7.92. The van der Waals surface area contributed by atoms with E-state index < -0.39 is 30.2 Å². The van der Waals surface area contributed by atoms with E-state index in [0.717, 1.165) is 33.4 Å². The first-order valence-corrected chi connectivity index (χ1v) is 19.4. The molecule has 0 aliphatic rings. The summed E-state index contributed by atoms with van der Waals surface area (Å²) in [7, 11) is -7.06. The van der Waals surface area contributed by atoms with Crippen molar-refractivity contribution in [1.29, 1.82) is 0 Å². The molecule has 0 heterocycles. The van der Waals surface area contributed by atoms with Gasteiger partial charge in [0, 0.05) is 0 Å². The Labute approximate surface area is 297 Å². The van der Waals surface area contributed by atoms with Crippen molar-refractivity contribution in [3.05, 3.63) is 215 Å². The average molecular weight is 697 g/mol. The van der Waals surface area contributed by atoms with Crippen LogP contribution in [0.1, 0.15) is 43.9 Å². The monoisotopic (exact) mass is 696 g/mol. The zero-order valence-electron chi connectivity index (χ0n) is 28.1. The molecule has 0 bridgehead atoms. The van der Waals surface area contributed by atoms with Crippen molar-refractivity contribution in [2.24, 2.45) is 0 Å². The largest absolute Gasteiger partial charge is 0.223 e. The maximum Gasteiger partial charge on any atom is 0.188 e. The minimum Gasteiger partial charge on any atom is -0.223 e. The van der Waals surface area contributed by atoms with E-state index >= 15 is 0 Å². The molecular weight excluding hydrogens is 657 g/mol. The predicted molar refractivity (Wildman–Crippen MR) is 206 cm³/mol. The fourth-order valence-electron chi connectivity index (χ4n) is 5.35. The minimum atomic E-state index is -3.53. The topological polar surface area (TPSA) is 68.3 Å². The Bertz CT molecular complexity index is 2050. The van der Waals surface area contributed by atoms with Crippen LogP contribution in [-0.2, 0) is 19.7 Å². The van der Waals surface area contributed by atoms with E-state index in [9.17, 15) is 16.8 Å². The van der Waals surface area contributed by atoms with Crippen LogP contribution in [0.2, 0.25) is 0 Å². The van der Waals surface area contributed by atoms with Gasteiger partial charge in [0.2, 0.25) is 0 Å². The number of hydrogen-bond donors (Lipinski definition) is 0. The molecule has 6 rings (SSSR count). The highest BCUT2D eigenvalue weighted by Crippen LogP contribution is 2.32. The van der Waals surface area contributed by atoms with Gasteiger partial charge in [-0.1, -0.05) is 181 Å². The van der Waals surface area contributed by atoms with E-state index in [1.165, 1.54) is 0 Å². The van der Waals surface area contributed by atoms with E-state index in [1.54, 1.807) is 36.4 Å². The summed E-state index contributed by atoms with van der Waals surface area (Å²) in [6, 6.07) is 52.1. The number of aryl methyl sites for hydroxylation is 2. The fraction of sp³-hybridized carbons (Fsp3) is 0.0909. The summed E-state index contributed by atoms with van der Waals surface area (Å²) in [5, 5.41) is -1.45. The zero-order chi connectivity index (χ0) is 35.4. The van der Waals surface area contributed by atoms with E-state index in [1.807, 2.05) is 172 Å². The lowest BCUT2D eigenvalue weighted by molar-refractivity contribution is 0.588. The van der Waals surface area contributed by atoms with Gasteiger partial charge < -0.3 is 0 Å². The molecule has 6 aromatic carbocycles. The lowest BCUT2D eigenvalue weighted by atomic mass is 10.1. The molecule has 0 aliphatic heterocycles. The van der Waals surface area contributed by atoms with Gasteiger partial charge >= 0.3 is 0 Å². The molecule has 0 amide bonds. The highest BCUT2D eigenvalue weighted by Gasteiger charge is 2.28. The molecule has 0 N–H and O–H groups in total. The molecule has 2 atom stereocenters. The minimum absolute atomic E-state index is 0.338. The van der Waals surface area contributed by atoms with Gasteiger partial charge in [0.05, 0.1) is 9.79 Å². The molecule has 50 heavy (non-hydrogen) atoms. The van der Waals surface area contributed by atoms with Crippen LogP contribution in [0.5, 0.6) is 0 Å². The molecular formula is C44H40O4S2. The van der Waals surface area contributed by atoms with Gasteiger partial charge in [-0.15, -0.1) is 0 Å². The van der Waals surface area contributed by atoms with Gasteiger partial charge in [-0.05, 0) is 60.4 Å². The first kappa shape index (κ1) is 36.0. The molecule has 0 saturated carbocycles. The third kappa shape index (κ3) is 9.44. The van der Waals surface area contributed by atoms with Crippen LogP contribution in [0.25, 0.3) is 12.2 Å². The summed E-state index contributed by atoms with van der Waals surface area (Å²) in [4.78, 5) is 0.675. The number of sulfone groups is 2. The summed E-state index contributed by atoms with van der Waals surface area (Å²) in [6.07, 6.45) is 7.26. The number of benzene rings is 6. The van der Waals surface area contributed by atoms with Gasteiger partial charge in [0.1, 0.15) is 10.5 Å². The Morgan fingerprint density at radius 2 is 0.660 bits per heavy atom. The van der Waals surface area contributed by atoms with Crippen LogP contribution in [0.3, 0.4) is 0 Å². The first-order chi connectivity index (χ1) is 24.1. The van der Waals surface area contributed by atoms with Crippen LogP contribution < -0.4 is 0 Å². The second-order valence-corrected chi connectivity index (χ2v) is 16.1. The second kappa shape index (κ2) is 16.9. The fourth-order valence-corrected chi connectivity index (χ4v) is 8.57. The summed E-state index contributed by atoms with van der Waals surface area (Å²) in [6.45, 7) is 3.89. The predicted octanol–water partition coefficient (Wildman–Crippen LogP) is 10.4. The van der Waals surface area contributed by atoms with Gasteiger partial charge in [0.25, 0.3) is 0 Å². The van der Waals surface area contributed by atoms with E-state index in [0.29, 0.717) is 9.79 Å². The molecule has 6 heteroatoms. The third-order valence-corrected chi connectivity index (χ3v) is 12.2. The molecule has 0 unspecified atom stereocenters. The Hall–Kier alpha value is -5.30. The first-order valence-electron chi connectivity index (χ1n) is 16.3. The van der Waals surface area contributed by atoms with Crippen molar-refractivity contribution in [3.8, 4) is 0 Å². The Morgan fingerprint density at radius 1 is 0.380 bits per heavy atom. The van der Waals surface area contributed by atoms with Crippen LogP contribution in [0.4, 0.5) is 0 Å².